The number of rotatable bonds is 9. The topological polar surface area (TPSA) is 27.7 Å². The molecule has 2 aromatic rings. The van der Waals surface area contributed by atoms with Crippen LogP contribution < -0.4 is 9.47 Å². The van der Waals surface area contributed by atoms with Gasteiger partial charge in [0.1, 0.15) is 31.1 Å². The molecule has 1 saturated heterocycles. The van der Waals surface area contributed by atoms with Gasteiger partial charge in [-0.15, -0.1) is 0 Å². The molecule has 2 aromatic carbocycles. The van der Waals surface area contributed by atoms with Gasteiger partial charge >= 0.3 is 0 Å². The molecule has 0 amide bonds. The van der Waals surface area contributed by atoms with E-state index >= 15 is 0 Å². The maximum Gasteiger partial charge on any atom is 0.119 e. The third-order valence-corrected chi connectivity index (χ3v) is 4.96. The van der Waals surface area contributed by atoms with Crippen molar-refractivity contribution in [2.75, 3.05) is 46.1 Å². The van der Waals surface area contributed by atoms with E-state index in [1.165, 1.54) is 5.56 Å². The standard InChI is InChI=1S/C22H30NO3.Y/c1-2-25-21-9-11-22(12-10-21)26-16-6-13-23(14-17-24-18-15-23)19-20-7-4-3-5-8-20;/h3-5,7-12H,2,6,13-19H2,1H3;/q+1;. The molecule has 0 saturated carbocycles. The molecule has 0 bridgehead atoms. The van der Waals surface area contributed by atoms with E-state index < -0.39 is 0 Å². The van der Waals surface area contributed by atoms with Crippen molar-refractivity contribution >= 4 is 0 Å². The molecule has 27 heavy (non-hydrogen) atoms. The fourth-order valence-electron chi connectivity index (χ4n) is 3.55. The smallest absolute Gasteiger partial charge is 0.119 e. The summed E-state index contributed by atoms with van der Waals surface area (Å²) in [7, 11) is 0. The van der Waals surface area contributed by atoms with Crippen molar-refractivity contribution in [3.8, 4) is 11.5 Å². The molecule has 4 nitrogen and oxygen atoms in total. The zero-order chi connectivity index (χ0) is 18.1. The van der Waals surface area contributed by atoms with Gasteiger partial charge in [-0.3, -0.25) is 0 Å². The number of morpholine rings is 1. The van der Waals surface area contributed by atoms with Crippen molar-refractivity contribution in [2.45, 2.75) is 19.9 Å². The first-order valence-corrected chi connectivity index (χ1v) is 9.62. The fourth-order valence-corrected chi connectivity index (χ4v) is 3.55. The summed E-state index contributed by atoms with van der Waals surface area (Å²) in [5.41, 5.74) is 1.40. The van der Waals surface area contributed by atoms with Gasteiger partial charge in [-0.1, -0.05) is 30.3 Å². The Bertz CT molecular complexity index is 642. The third kappa shape index (κ3) is 7.19. The summed E-state index contributed by atoms with van der Waals surface area (Å²) in [6.07, 6.45) is 1.04. The van der Waals surface area contributed by atoms with Gasteiger partial charge in [0.25, 0.3) is 0 Å². The Morgan fingerprint density at radius 2 is 1.52 bits per heavy atom. The summed E-state index contributed by atoms with van der Waals surface area (Å²) < 4.78 is 18.1. The average Bonchev–Trinajstić information content (AvgIpc) is 2.68. The number of hydrogen-bond acceptors (Lipinski definition) is 3. The summed E-state index contributed by atoms with van der Waals surface area (Å²) in [5.74, 6) is 1.80. The second-order valence-electron chi connectivity index (χ2n) is 6.87. The van der Waals surface area contributed by atoms with Crippen LogP contribution in [0, 0.1) is 0 Å². The van der Waals surface area contributed by atoms with Gasteiger partial charge in [0.2, 0.25) is 0 Å². The predicted molar refractivity (Wildman–Crippen MR) is 104 cm³/mol. The van der Waals surface area contributed by atoms with Gasteiger partial charge in [-0.2, -0.15) is 0 Å². The average molecular weight is 445 g/mol. The maximum atomic E-state index is 5.93. The van der Waals surface area contributed by atoms with Crippen molar-refractivity contribution in [1.82, 2.24) is 0 Å². The van der Waals surface area contributed by atoms with Crippen LogP contribution in [0.3, 0.4) is 0 Å². The number of hydrogen-bond donors (Lipinski definition) is 0. The van der Waals surface area contributed by atoms with E-state index in [1.54, 1.807) is 0 Å². The SMILES string of the molecule is CCOc1ccc(OCCC[N+]2(Cc3ccccc3)CCOCC2)cc1.[Y]. The summed E-state index contributed by atoms with van der Waals surface area (Å²) in [5, 5.41) is 0. The first kappa shape index (κ1) is 22.4. The fraction of sp³-hybridized carbons (Fsp3) is 0.455. The summed E-state index contributed by atoms with van der Waals surface area (Å²) in [6.45, 7) is 9.48. The van der Waals surface area contributed by atoms with E-state index in [1.807, 2.05) is 31.2 Å². The summed E-state index contributed by atoms with van der Waals surface area (Å²) >= 11 is 0. The minimum atomic E-state index is 0. The van der Waals surface area contributed by atoms with Crippen LogP contribution in [0.1, 0.15) is 18.9 Å². The van der Waals surface area contributed by atoms with Crippen LogP contribution in [0.5, 0.6) is 11.5 Å². The van der Waals surface area contributed by atoms with Crippen molar-refractivity contribution in [1.29, 1.82) is 0 Å². The molecule has 0 aromatic heterocycles. The number of quaternary nitrogens is 1. The summed E-state index contributed by atoms with van der Waals surface area (Å²) in [6, 6.07) is 18.7. The second kappa shape index (κ2) is 11.8. The van der Waals surface area contributed by atoms with Crippen LogP contribution in [-0.4, -0.2) is 50.5 Å². The van der Waals surface area contributed by atoms with E-state index in [-0.39, 0.29) is 32.7 Å². The molecule has 1 fully saturated rings. The molecule has 0 N–H and O–H groups in total. The molecular weight excluding hydrogens is 415 g/mol. The van der Waals surface area contributed by atoms with Gasteiger partial charge in [0.05, 0.1) is 33.0 Å². The van der Waals surface area contributed by atoms with E-state index in [4.69, 9.17) is 14.2 Å². The molecule has 3 rings (SSSR count). The molecule has 0 unspecified atom stereocenters. The largest absolute Gasteiger partial charge is 0.494 e. The molecule has 1 heterocycles. The normalized spacial score (nSPS) is 15.6. The van der Waals surface area contributed by atoms with E-state index in [2.05, 4.69) is 30.3 Å². The number of ether oxygens (including phenoxy) is 3. The summed E-state index contributed by atoms with van der Waals surface area (Å²) in [4.78, 5) is 0. The van der Waals surface area contributed by atoms with Gasteiger partial charge < -0.3 is 18.7 Å². The monoisotopic (exact) mass is 445 g/mol. The van der Waals surface area contributed by atoms with Crippen molar-refractivity contribution in [3.05, 3.63) is 60.2 Å². The van der Waals surface area contributed by atoms with Gasteiger partial charge in [-0.25, -0.2) is 0 Å². The van der Waals surface area contributed by atoms with Crippen LogP contribution in [-0.2, 0) is 44.0 Å². The van der Waals surface area contributed by atoms with Gasteiger partial charge in [0.15, 0.2) is 0 Å². The molecule has 143 valence electrons. The van der Waals surface area contributed by atoms with E-state index in [0.29, 0.717) is 6.61 Å². The van der Waals surface area contributed by atoms with Gasteiger partial charge in [-0.05, 0) is 31.2 Å². The minimum absolute atomic E-state index is 0. The number of nitrogens with zero attached hydrogens (tertiary/aromatic N) is 1. The van der Waals surface area contributed by atoms with E-state index in [9.17, 15) is 0 Å². The first-order valence-electron chi connectivity index (χ1n) is 9.62. The zero-order valence-electron chi connectivity index (χ0n) is 16.3. The molecule has 1 radical (unpaired) electrons. The Balaban J connectivity index is 0.00000261. The van der Waals surface area contributed by atoms with Crippen molar-refractivity contribution in [2.24, 2.45) is 0 Å². The van der Waals surface area contributed by atoms with Crippen molar-refractivity contribution < 1.29 is 51.4 Å². The van der Waals surface area contributed by atoms with Crippen LogP contribution in [0.25, 0.3) is 0 Å². The maximum absolute atomic E-state index is 5.93. The molecule has 1 aliphatic rings. The van der Waals surface area contributed by atoms with Crippen LogP contribution in [0.4, 0.5) is 0 Å². The molecule has 0 aliphatic carbocycles. The number of benzene rings is 2. The molecule has 1 aliphatic heterocycles. The molecule has 5 heteroatoms. The minimum Gasteiger partial charge on any atom is -0.494 e. The quantitative estimate of drug-likeness (QED) is 0.433. The first-order chi connectivity index (χ1) is 12.8. The Labute approximate surface area is 188 Å². The third-order valence-electron chi connectivity index (χ3n) is 4.96. The Kier molecular flexibility index (Phi) is 9.77. The van der Waals surface area contributed by atoms with Crippen LogP contribution in [0.15, 0.2) is 54.6 Å². The van der Waals surface area contributed by atoms with Crippen LogP contribution in [0.2, 0.25) is 0 Å². The van der Waals surface area contributed by atoms with E-state index in [0.717, 1.165) is 68.4 Å². The Hall–Kier alpha value is -0.936. The van der Waals surface area contributed by atoms with Crippen molar-refractivity contribution in [3.63, 3.8) is 0 Å². The second-order valence-corrected chi connectivity index (χ2v) is 6.87. The van der Waals surface area contributed by atoms with Crippen LogP contribution >= 0.6 is 0 Å². The molecule has 0 atom stereocenters. The zero-order valence-corrected chi connectivity index (χ0v) is 19.1. The molecular formula is C22H30NO3Y+. The van der Waals surface area contributed by atoms with Gasteiger partial charge in [0, 0.05) is 44.7 Å². The Morgan fingerprint density at radius 3 is 2.15 bits per heavy atom. The predicted octanol–water partition coefficient (Wildman–Crippen LogP) is 3.90. The Morgan fingerprint density at radius 1 is 0.889 bits per heavy atom. The molecule has 0 spiro atoms.